The van der Waals surface area contributed by atoms with E-state index in [0.29, 0.717) is 10.7 Å². The second-order valence-corrected chi connectivity index (χ2v) is 6.68. The van der Waals surface area contributed by atoms with Gasteiger partial charge in [-0.3, -0.25) is 4.72 Å². The van der Waals surface area contributed by atoms with Crippen molar-refractivity contribution in [2.75, 3.05) is 4.72 Å². The zero-order chi connectivity index (χ0) is 14.9. The smallest absolute Gasteiger partial charge is 0.263 e. The highest BCUT2D eigenvalue weighted by Crippen LogP contribution is 2.22. The van der Waals surface area contributed by atoms with Gasteiger partial charge in [0.15, 0.2) is 0 Å². The van der Waals surface area contributed by atoms with Crippen molar-refractivity contribution in [1.29, 1.82) is 0 Å². The van der Waals surface area contributed by atoms with Crippen molar-refractivity contribution in [3.05, 3.63) is 52.7 Å². The van der Waals surface area contributed by atoms with E-state index >= 15 is 0 Å². The Bertz CT molecular complexity index is 752. The molecule has 0 unspecified atom stereocenters. The van der Waals surface area contributed by atoms with E-state index in [0.717, 1.165) is 22.3 Å². The Kier molecular flexibility index (Phi) is 3.81. The van der Waals surface area contributed by atoms with Crippen LogP contribution in [-0.4, -0.2) is 13.4 Å². The monoisotopic (exact) mass is 290 g/mol. The average Bonchev–Trinajstić information content (AvgIpc) is 2.33. The van der Waals surface area contributed by atoms with Gasteiger partial charge in [0.25, 0.3) is 10.0 Å². The molecule has 0 saturated carbocycles. The Morgan fingerprint density at radius 2 is 1.60 bits per heavy atom. The molecule has 0 radical (unpaired) electrons. The van der Waals surface area contributed by atoms with Crippen molar-refractivity contribution < 1.29 is 8.42 Å². The van der Waals surface area contributed by atoms with Crippen LogP contribution in [0.4, 0.5) is 5.82 Å². The summed E-state index contributed by atoms with van der Waals surface area (Å²) in [6, 6.07) is 7.10. The fourth-order valence-electron chi connectivity index (χ4n) is 2.01. The summed E-state index contributed by atoms with van der Waals surface area (Å²) in [6.07, 6.45) is 1.58. The van der Waals surface area contributed by atoms with Crippen molar-refractivity contribution in [1.82, 2.24) is 4.98 Å². The largest absolute Gasteiger partial charge is 0.263 e. The van der Waals surface area contributed by atoms with Crippen LogP contribution in [0.1, 0.15) is 22.3 Å². The molecule has 2 rings (SSSR count). The minimum Gasteiger partial charge on any atom is -0.263 e. The molecule has 106 valence electrons. The van der Waals surface area contributed by atoms with Gasteiger partial charge in [0.2, 0.25) is 0 Å². The Morgan fingerprint density at radius 3 is 2.25 bits per heavy atom. The predicted octanol–water partition coefficient (Wildman–Crippen LogP) is 3.12. The number of hydrogen-bond donors (Lipinski definition) is 1. The highest BCUT2D eigenvalue weighted by atomic mass is 32.2. The van der Waals surface area contributed by atoms with Crippen LogP contribution in [0.2, 0.25) is 0 Å². The highest BCUT2D eigenvalue weighted by molar-refractivity contribution is 7.92. The van der Waals surface area contributed by atoms with Crippen molar-refractivity contribution in [2.24, 2.45) is 0 Å². The first kappa shape index (κ1) is 14.5. The molecule has 1 heterocycles. The first-order valence-electron chi connectivity index (χ1n) is 6.33. The predicted molar refractivity (Wildman–Crippen MR) is 80.4 cm³/mol. The molecule has 1 N–H and O–H groups in total. The Morgan fingerprint density at radius 1 is 0.950 bits per heavy atom. The first-order valence-corrected chi connectivity index (χ1v) is 7.81. The van der Waals surface area contributed by atoms with Gasteiger partial charge in [0, 0.05) is 6.20 Å². The van der Waals surface area contributed by atoms with Gasteiger partial charge >= 0.3 is 0 Å². The van der Waals surface area contributed by atoms with Crippen LogP contribution >= 0.6 is 0 Å². The molecule has 0 atom stereocenters. The second kappa shape index (κ2) is 5.25. The molecule has 0 aliphatic heterocycles. The molecule has 0 saturated heterocycles. The Labute approximate surface area is 119 Å². The molecule has 20 heavy (non-hydrogen) atoms. The quantitative estimate of drug-likeness (QED) is 0.945. The molecule has 0 bridgehead atoms. The van der Waals surface area contributed by atoms with Crippen molar-refractivity contribution in [2.45, 2.75) is 32.6 Å². The number of nitrogens with zero attached hydrogens (tertiary/aromatic N) is 1. The van der Waals surface area contributed by atoms with E-state index in [2.05, 4.69) is 9.71 Å². The lowest BCUT2D eigenvalue weighted by Crippen LogP contribution is -2.15. The number of aryl methyl sites for hydroxylation is 4. The third-order valence-corrected chi connectivity index (χ3v) is 4.73. The van der Waals surface area contributed by atoms with Crippen LogP contribution in [0, 0.1) is 27.7 Å². The summed E-state index contributed by atoms with van der Waals surface area (Å²) in [5.41, 5.74) is 3.71. The standard InChI is InChI=1S/C15H18N2O2S/c1-10-5-6-16-15(7-10)17-20(18,19)14-9-12(3)11(2)8-13(14)4/h5-9H,1-4H3,(H,16,17). The molecule has 0 aliphatic carbocycles. The number of benzene rings is 1. The number of sulfonamides is 1. The van der Waals surface area contributed by atoms with Gasteiger partial charge in [-0.05, 0) is 68.1 Å². The van der Waals surface area contributed by atoms with E-state index in [-0.39, 0.29) is 0 Å². The van der Waals surface area contributed by atoms with E-state index in [9.17, 15) is 8.42 Å². The van der Waals surface area contributed by atoms with Crippen molar-refractivity contribution >= 4 is 15.8 Å². The number of anilines is 1. The molecular weight excluding hydrogens is 272 g/mol. The Balaban J connectivity index is 2.43. The maximum Gasteiger partial charge on any atom is 0.263 e. The first-order chi connectivity index (χ1) is 9.29. The lowest BCUT2D eigenvalue weighted by molar-refractivity contribution is 0.600. The number of aromatic nitrogens is 1. The third-order valence-electron chi connectivity index (χ3n) is 3.24. The summed E-state index contributed by atoms with van der Waals surface area (Å²) in [5, 5.41) is 0. The van der Waals surface area contributed by atoms with E-state index < -0.39 is 10.0 Å². The van der Waals surface area contributed by atoms with Crippen LogP contribution in [0.15, 0.2) is 35.4 Å². The van der Waals surface area contributed by atoms with Gasteiger partial charge in [-0.2, -0.15) is 0 Å². The molecule has 1 aromatic carbocycles. The minimum absolute atomic E-state index is 0.295. The van der Waals surface area contributed by atoms with E-state index in [1.807, 2.05) is 32.9 Å². The lowest BCUT2D eigenvalue weighted by atomic mass is 10.1. The topological polar surface area (TPSA) is 59.1 Å². The second-order valence-electron chi connectivity index (χ2n) is 5.03. The van der Waals surface area contributed by atoms with Gasteiger partial charge in [0.1, 0.15) is 5.82 Å². The SMILES string of the molecule is Cc1ccnc(NS(=O)(=O)c2cc(C)c(C)cc2C)c1. The zero-order valence-corrected chi connectivity index (χ0v) is 12.9. The van der Waals surface area contributed by atoms with Crippen LogP contribution in [0.25, 0.3) is 0 Å². The summed E-state index contributed by atoms with van der Waals surface area (Å²) >= 11 is 0. The third kappa shape index (κ3) is 2.99. The van der Waals surface area contributed by atoms with E-state index in [4.69, 9.17) is 0 Å². The van der Waals surface area contributed by atoms with Gasteiger partial charge in [0.05, 0.1) is 4.90 Å². The molecule has 0 aliphatic rings. The summed E-state index contributed by atoms with van der Waals surface area (Å²) in [7, 11) is -3.61. The minimum atomic E-state index is -3.61. The van der Waals surface area contributed by atoms with E-state index in [1.165, 1.54) is 0 Å². The highest BCUT2D eigenvalue weighted by Gasteiger charge is 2.18. The lowest BCUT2D eigenvalue weighted by Gasteiger charge is -2.12. The average molecular weight is 290 g/mol. The van der Waals surface area contributed by atoms with Gasteiger partial charge in [-0.15, -0.1) is 0 Å². The number of hydrogen-bond acceptors (Lipinski definition) is 3. The summed E-state index contributed by atoms with van der Waals surface area (Å²) in [5.74, 6) is 0.336. The normalized spacial score (nSPS) is 11.4. The van der Waals surface area contributed by atoms with Crippen LogP contribution in [0.3, 0.4) is 0 Å². The molecule has 0 amide bonds. The zero-order valence-electron chi connectivity index (χ0n) is 12.1. The fraction of sp³-hybridized carbons (Fsp3) is 0.267. The molecule has 0 fully saturated rings. The molecular formula is C15H18N2O2S. The molecule has 2 aromatic rings. The Hall–Kier alpha value is -1.88. The molecule has 5 heteroatoms. The van der Waals surface area contributed by atoms with Crippen LogP contribution < -0.4 is 4.72 Å². The van der Waals surface area contributed by atoms with E-state index in [1.54, 1.807) is 25.3 Å². The van der Waals surface area contributed by atoms with Gasteiger partial charge in [-0.1, -0.05) is 6.07 Å². The van der Waals surface area contributed by atoms with Gasteiger partial charge < -0.3 is 0 Å². The van der Waals surface area contributed by atoms with Crippen LogP contribution in [0.5, 0.6) is 0 Å². The summed E-state index contributed by atoms with van der Waals surface area (Å²) in [6.45, 7) is 7.55. The number of nitrogens with one attached hydrogen (secondary N) is 1. The maximum atomic E-state index is 12.4. The molecule has 0 spiro atoms. The van der Waals surface area contributed by atoms with Crippen LogP contribution in [-0.2, 0) is 10.0 Å². The molecule has 1 aromatic heterocycles. The summed E-state index contributed by atoms with van der Waals surface area (Å²) < 4.78 is 27.4. The van der Waals surface area contributed by atoms with Crippen molar-refractivity contribution in [3.8, 4) is 0 Å². The fourth-order valence-corrected chi connectivity index (χ4v) is 3.32. The maximum absolute atomic E-state index is 12.4. The number of rotatable bonds is 3. The van der Waals surface area contributed by atoms with Gasteiger partial charge in [-0.25, -0.2) is 13.4 Å². The number of pyridine rings is 1. The summed E-state index contributed by atoms with van der Waals surface area (Å²) in [4.78, 5) is 4.32. The van der Waals surface area contributed by atoms with Crippen molar-refractivity contribution in [3.63, 3.8) is 0 Å². The molecule has 4 nitrogen and oxygen atoms in total.